The summed E-state index contributed by atoms with van der Waals surface area (Å²) in [7, 11) is 1.14. The van der Waals surface area contributed by atoms with Gasteiger partial charge in [0.05, 0.1) is 27.7 Å². The lowest BCUT2D eigenvalue weighted by Gasteiger charge is -2.28. The molecule has 0 amide bonds. The van der Waals surface area contributed by atoms with Crippen LogP contribution in [0.3, 0.4) is 0 Å². The number of esters is 2. The number of hydrogen-bond donors (Lipinski definition) is 0. The fraction of sp³-hybridized carbons (Fsp3) is 0.818. The number of carbonyl (C=O) groups is 2. The van der Waals surface area contributed by atoms with Crippen LogP contribution >= 0.6 is 7.82 Å². The van der Waals surface area contributed by atoms with E-state index in [0.717, 1.165) is 51.4 Å². The molecular formula is C44H82NO8P. The van der Waals surface area contributed by atoms with E-state index in [-0.39, 0.29) is 26.1 Å². The van der Waals surface area contributed by atoms with Crippen molar-refractivity contribution in [3.05, 3.63) is 36.5 Å². The van der Waals surface area contributed by atoms with Crippen LogP contribution in [0.15, 0.2) is 36.5 Å². The topological polar surface area (TPSA) is 111 Å². The molecule has 0 aliphatic carbocycles. The maximum atomic E-state index is 12.6. The maximum Gasteiger partial charge on any atom is 0.306 e. The number of phosphoric acid groups is 1. The molecule has 0 saturated heterocycles. The first-order chi connectivity index (χ1) is 26.0. The fourth-order valence-electron chi connectivity index (χ4n) is 5.72. The van der Waals surface area contributed by atoms with E-state index in [1.807, 2.05) is 21.1 Å². The molecule has 0 spiro atoms. The predicted molar refractivity (Wildman–Crippen MR) is 222 cm³/mol. The summed E-state index contributed by atoms with van der Waals surface area (Å²) in [5.74, 6) is -0.876. The summed E-state index contributed by atoms with van der Waals surface area (Å²) in [5, 5.41) is 0. The zero-order chi connectivity index (χ0) is 40.0. The van der Waals surface area contributed by atoms with Gasteiger partial charge in [0.25, 0.3) is 7.82 Å². The molecule has 0 heterocycles. The molecule has 0 bridgehead atoms. The Morgan fingerprint density at radius 3 is 1.52 bits per heavy atom. The van der Waals surface area contributed by atoms with Crippen LogP contribution in [0, 0.1) is 0 Å². The average Bonchev–Trinajstić information content (AvgIpc) is 3.12. The number of allylic oxidation sites excluding steroid dienone is 6. The van der Waals surface area contributed by atoms with Crippen molar-refractivity contribution in [1.82, 2.24) is 0 Å². The standard InChI is InChI=1S/C44H82NO8P/c1-6-8-10-12-14-16-18-20-22-24-26-28-30-32-34-36-43(46)50-40-42(41-52-54(48,49)51-39-38-45(3,4)5)53-44(47)37-35-33-31-29-27-25-23-21-19-17-15-13-11-9-7-2/h15,17,21,23,27,29,42H,6-14,16,18-20,22,24-26,28,30-41H2,1-5H3/b17-15-,23-21-,29-27-. The minimum Gasteiger partial charge on any atom is -0.756 e. The van der Waals surface area contributed by atoms with E-state index in [0.29, 0.717) is 17.4 Å². The minimum absolute atomic E-state index is 0.0375. The van der Waals surface area contributed by atoms with Gasteiger partial charge in [-0.25, -0.2) is 0 Å². The van der Waals surface area contributed by atoms with Crippen molar-refractivity contribution < 1.29 is 42.1 Å². The zero-order valence-electron chi connectivity index (χ0n) is 35.4. The van der Waals surface area contributed by atoms with Gasteiger partial charge >= 0.3 is 11.9 Å². The first-order valence-electron chi connectivity index (χ1n) is 21.7. The van der Waals surface area contributed by atoms with Crippen molar-refractivity contribution in [2.24, 2.45) is 0 Å². The van der Waals surface area contributed by atoms with Gasteiger partial charge in [0, 0.05) is 12.8 Å². The zero-order valence-corrected chi connectivity index (χ0v) is 36.3. The lowest BCUT2D eigenvalue weighted by molar-refractivity contribution is -0.870. The van der Waals surface area contributed by atoms with E-state index < -0.39 is 32.5 Å². The van der Waals surface area contributed by atoms with Crippen LogP contribution < -0.4 is 4.89 Å². The fourth-order valence-corrected chi connectivity index (χ4v) is 6.45. The second kappa shape index (κ2) is 36.8. The molecule has 0 radical (unpaired) electrons. The molecule has 2 atom stereocenters. The molecule has 0 aliphatic heterocycles. The molecule has 0 rings (SSSR count). The minimum atomic E-state index is -4.63. The van der Waals surface area contributed by atoms with Crippen molar-refractivity contribution in [3.8, 4) is 0 Å². The summed E-state index contributed by atoms with van der Waals surface area (Å²) in [6, 6.07) is 0. The van der Waals surface area contributed by atoms with E-state index in [9.17, 15) is 19.0 Å². The summed E-state index contributed by atoms with van der Waals surface area (Å²) in [6.07, 6.45) is 40.3. The Morgan fingerprint density at radius 2 is 1.00 bits per heavy atom. The van der Waals surface area contributed by atoms with Crippen LogP contribution in [0.25, 0.3) is 0 Å². The van der Waals surface area contributed by atoms with Crippen LogP contribution in [0.1, 0.15) is 181 Å². The molecule has 0 saturated carbocycles. The van der Waals surface area contributed by atoms with Gasteiger partial charge in [-0.2, -0.15) is 0 Å². The molecule has 54 heavy (non-hydrogen) atoms. The Kier molecular flexibility index (Phi) is 35.6. The summed E-state index contributed by atoms with van der Waals surface area (Å²) in [5.41, 5.74) is 0. The molecule has 9 nitrogen and oxygen atoms in total. The monoisotopic (exact) mass is 784 g/mol. The highest BCUT2D eigenvalue weighted by atomic mass is 31.2. The number of quaternary nitrogens is 1. The van der Waals surface area contributed by atoms with Crippen LogP contribution in [-0.2, 0) is 32.7 Å². The third-order valence-electron chi connectivity index (χ3n) is 9.16. The second-order valence-corrected chi connectivity index (χ2v) is 17.1. The number of hydrogen-bond acceptors (Lipinski definition) is 8. The van der Waals surface area contributed by atoms with Crippen molar-refractivity contribution in [1.29, 1.82) is 0 Å². The summed E-state index contributed by atoms with van der Waals surface area (Å²) < 4.78 is 33.8. The number of nitrogens with zero attached hydrogens (tertiary/aromatic N) is 1. The lowest BCUT2D eigenvalue weighted by atomic mass is 10.0. The van der Waals surface area contributed by atoms with E-state index in [1.165, 1.54) is 96.3 Å². The van der Waals surface area contributed by atoms with Gasteiger partial charge in [-0.15, -0.1) is 0 Å². The molecule has 0 aromatic carbocycles. The van der Waals surface area contributed by atoms with Crippen molar-refractivity contribution in [2.45, 2.75) is 187 Å². The van der Waals surface area contributed by atoms with Gasteiger partial charge in [0.1, 0.15) is 19.8 Å². The van der Waals surface area contributed by atoms with Gasteiger partial charge in [-0.05, 0) is 51.4 Å². The Balaban J connectivity index is 4.42. The van der Waals surface area contributed by atoms with Crippen LogP contribution in [0.2, 0.25) is 0 Å². The Bertz CT molecular complexity index is 1020. The maximum absolute atomic E-state index is 12.6. The highest BCUT2D eigenvalue weighted by Gasteiger charge is 2.21. The number of ether oxygens (including phenoxy) is 2. The summed E-state index contributed by atoms with van der Waals surface area (Å²) >= 11 is 0. The molecule has 0 aromatic heterocycles. The first-order valence-corrected chi connectivity index (χ1v) is 23.2. The molecule has 0 N–H and O–H groups in total. The van der Waals surface area contributed by atoms with E-state index >= 15 is 0 Å². The molecule has 0 fully saturated rings. The SMILES string of the molecule is CCCCC/C=C\C/C=C\C/C=C\CCCCC(=O)OC(COC(=O)CCCCCCCCCCCCCCCCC)COP(=O)([O-])OCC[N+](C)(C)C. The predicted octanol–water partition coefficient (Wildman–Crippen LogP) is 11.5. The third-order valence-corrected chi connectivity index (χ3v) is 10.1. The van der Waals surface area contributed by atoms with Crippen LogP contribution in [0.4, 0.5) is 0 Å². The molecule has 10 heteroatoms. The van der Waals surface area contributed by atoms with Crippen molar-refractivity contribution in [3.63, 3.8) is 0 Å². The molecule has 0 aliphatic rings. The molecular weight excluding hydrogens is 701 g/mol. The number of unbranched alkanes of at least 4 members (excludes halogenated alkanes) is 19. The van der Waals surface area contributed by atoms with Gasteiger partial charge < -0.3 is 27.9 Å². The largest absolute Gasteiger partial charge is 0.756 e. The van der Waals surface area contributed by atoms with Crippen LogP contribution in [0.5, 0.6) is 0 Å². The lowest BCUT2D eigenvalue weighted by Crippen LogP contribution is -2.37. The Labute approximate surface area is 331 Å². The summed E-state index contributed by atoms with van der Waals surface area (Å²) in [6.45, 7) is 4.16. The third kappa shape index (κ3) is 39.9. The van der Waals surface area contributed by atoms with E-state index in [4.69, 9.17) is 18.5 Å². The van der Waals surface area contributed by atoms with Crippen molar-refractivity contribution in [2.75, 3.05) is 47.5 Å². The highest BCUT2D eigenvalue weighted by molar-refractivity contribution is 7.45. The highest BCUT2D eigenvalue weighted by Crippen LogP contribution is 2.38. The Morgan fingerprint density at radius 1 is 0.574 bits per heavy atom. The van der Waals surface area contributed by atoms with Gasteiger partial charge in [-0.1, -0.05) is 153 Å². The quantitative estimate of drug-likeness (QED) is 0.0199. The van der Waals surface area contributed by atoms with Gasteiger partial charge in [0.2, 0.25) is 0 Å². The number of phosphoric ester groups is 1. The average molecular weight is 784 g/mol. The Hall–Kier alpha value is -1.77. The van der Waals surface area contributed by atoms with Crippen molar-refractivity contribution >= 4 is 19.8 Å². The number of likely N-dealkylation sites (N-methyl/N-ethyl adjacent to an activating group) is 1. The van der Waals surface area contributed by atoms with E-state index in [1.54, 1.807) is 0 Å². The molecule has 2 unspecified atom stereocenters. The van der Waals surface area contributed by atoms with Gasteiger partial charge in [-0.3, -0.25) is 14.2 Å². The summed E-state index contributed by atoms with van der Waals surface area (Å²) in [4.78, 5) is 37.5. The van der Waals surface area contributed by atoms with Gasteiger partial charge in [0.15, 0.2) is 6.10 Å². The smallest absolute Gasteiger partial charge is 0.306 e. The van der Waals surface area contributed by atoms with Crippen LogP contribution in [-0.4, -0.2) is 70.0 Å². The second-order valence-electron chi connectivity index (χ2n) is 15.7. The molecule has 0 aromatic rings. The first kappa shape index (κ1) is 52.2. The molecule has 316 valence electrons. The number of rotatable bonds is 39. The number of carbonyl (C=O) groups excluding carboxylic acids is 2. The normalized spacial score (nSPS) is 14.0. The van der Waals surface area contributed by atoms with E-state index in [2.05, 4.69) is 50.3 Å².